The van der Waals surface area contributed by atoms with E-state index in [2.05, 4.69) is 155 Å². The highest BCUT2D eigenvalue weighted by molar-refractivity contribution is 6.15. The number of para-hydroxylation sites is 5. The Bertz CT molecular complexity index is 2110. The Kier molecular flexibility index (Phi) is 4.55. The molecule has 8 aromatic rings. The average molecular weight is 485 g/mol. The van der Waals surface area contributed by atoms with Crippen molar-refractivity contribution in [3.63, 3.8) is 0 Å². The van der Waals surface area contributed by atoms with E-state index in [9.17, 15) is 0 Å². The lowest BCUT2D eigenvalue weighted by Crippen LogP contribution is -1.95. The van der Waals surface area contributed by atoms with Gasteiger partial charge in [0.25, 0.3) is 0 Å². The van der Waals surface area contributed by atoms with Gasteiger partial charge in [-0.25, -0.2) is 0 Å². The zero-order valence-corrected chi connectivity index (χ0v) is 20.8. The van der Waals surface area contributed by atoms with E-state index < -0.39 is 0 Å². The molecule has 0 fully saturated rings. The minimum absolute atomic E-state index is 1.17. The maximum absolute atomic E-state index is 2.41. The van der Waals surface area contributed by atoms with E-state index in [4.69, 9.17) is 0 Å². The first-order valence-corrected chi connectivity index (χ1v) is 13.0. The van der Waals surface area contributed by atoms with Crippen LogP contribution >= 0.6 is 0 Å². The highest BCUT2D eigenvalue weighted by Crippen LogP contribution is 2.40. The highest BCUT2D eigenvalue weighted by atomic mass is 15.0. The molecular formula is C36H24N2. The van der Waals surface area contributed by atoms with Gasteiger partial charge in [-0.2, -0.15) is 0 Å². The highest BCUT2D eigenvalue weighted by Gasteiger charge is 2.18. The van der Waals surface area contributed by atoms with E-state index in [0.29, 0.717) is 0 Å². The molecule has 0 N–H and O–H groups in total. The molecule has 0 unspecified atom stereocenters. The van der Waals surface area contributed by atoms with Crippen LogP contribution in [0.5, 0.6) is 0 Å². The first-order chi connectivity index (χ1) is 18.9. The van der Waals surface area contributed by atoms with Gasteiger partial charge in [-0.1, -0.05) is 97.1 Å². The zero-order chi connectivity index (χ0) is 25.1. The maximum atomic E-state index is 2.41. The lowest BCUT2D eigenvalue weighted by molar-refractivity contribution is 1.18. The van der Waals surface area contributed by atoms with Gasteiger partial charge >= 0.3 is 0 Å². The topological polar surface area (TPSA) is 9.86 Å². The van der Waals surface area contributed by atoms with E-state index in [1.807, 2.05) is 0 Å². The maximum Gasteiger partial charge on any atom is 0.0619 e. The second kappa shape index (κ2) is 8.22. The van der Waals surface area contributed by atoms with Crippen LogP contribution in [0.2, 0.25) is 0 Å². The molecule has 0 aliphatic carbocycles. The number of hydrogen-bond donors (Lipinski definition) is 0. The van der Waals surface area contributed by atoms with Crippen LogP contribution in [0.25, 0.3) is 66.1 Å². The molecule has 0 aliphatic rings. The fraction of sp³-hybridized carbons (Fsp3) is 0. The van der Waals surface area contributed by atoms with Crippen molar-refractivity contribution in [3.05, 3.63) is 146 Å². The third-order valence-corrected chi connectivity index (χ3v) is 7.71. The number of rotatable bonds is 3. The van der Waals surface area contributed by atoms with Crippen molar-refractivity contribution in [2.75, 3.05) is 0 Å². The van der Waals surface area contributed by atoms with Crippen LogP contribution in [0.1, 0.15) is 0 Å². The predicted molar refractivity (Wildman–Crippen MR) is 161 cm³/mol. The van der Waals surface area contributed by atoms with Crippen LogP contribution in [0.3, 0.4) is 0 Å². The van der Waals surface area contributed by atoms with Gasteiger partial charge in [-0.3, -0.25) is 0 Å². The van der Waals surface area contributed by atoms with Crippen molar-refractivity contribution >= 4 is 43.6 Å². The molecule has 0 spiro atoms. The Labute approximate surface area is 220 Å². The van der Waals surface area contributed by atoms with Crippen LogP contribution in [0.4, 0.5) is 0 Å². The van der Waals surface area contributed by atoms with E-state index in [1.54, 1.807) is 0 Å². The Morgan fingerprint density at radius 3 is 1.58 bits per heavy atom. The number of aromatic nitrogens is 2. The minimum Gasteiger partial charge on any atom is -0.309 e. The lowest BCUT2D eigenvalue weighted by atomic mass is 10.00. The molecule has 2 aromatic heterocycles. The summed E-state index contributed by atoms with van der Waals surface area (Å²) in [7, 11) is 0. The van der Waals surface area contributed by atoms with Gasteiger partial charge in [-0.15, -0.1) is 0 Å². The normalized spacial score (nSPS) is 11.7. The van der Waals surface area contributed by atoms with E-state index in [-0.39, 0.29) is 0 Å². The predicted octanol–water partition coefficient (Wildman–Crippen LogP) is 9.55. The standard InChI is InChI=1S/C36H24N2/c1-3-12-26(13-4-1)37-33-20-9-8-17-30(33)32-24-25(22-23-35(32)37)28-18-11-19-31-29-16-7-10-21-34(29)38(36(28)31)27-14-5-2-6-15-27/h1-24H. The largest absolute Gasteiger partial charge is 0.309 e. The molecule has 0 bridgehead atoms. The second-order valence-electron chi connectivity index (χ2n) is 9.81. The Morgan fingerprint density at radius 2 is 0.868 bits per heavy atom. The molecule has 2 heteroatoms. The first-order valence-electron chi connectivity index (χ1n) is 13.0. The van der Waals surface area contributed by atoms with E-state index in [0.717, 1.165) is 0 Å². The summed E-state index contributed by atoms with van der Waals surface area (Å²) >= 11 is 0. The van der Waals surface area contributed by atoms with Gasteiger partial charge in [0.2, 0.25) is 0 Å². The van der Waals surface area contributed by atoms with Crippen LogP contribution in [0, 0.1) is 0 Å². The SMILES string of the molecule is c1ccc(-n2c3ccccc3c3cc(-c4cccc5c6ccccc6n(-c6ccccc6)c45)ccc32)cc1. The van der Waals surface area contributed by atoms with Gasteiger partial charge in [0.1, 0.15) is 0 Å². The van der Waals surface area contributed by atoms with Gasteiger partial charge in [0, 0.05) is 38.5 Å². The quantitative estimate of drug-likeness (QED) is 0.236. The summed E-state index contributed by atoms with van der Waals surface area (Å²) in [6.45, 7) is 0. The summed E-state index contributed by atoms with van der Waals surface area (Å²) in [6, 6.07) is 52.4. The van der Waals surface area contributed by atoms with Gasteiger partial charge in [0.15, 0.2) is 0 Å². The molecule has 2 heterocycles. The molecule has 0 amide bonds. The smallest absolute Gasteiger partial charge is 0.0619 e. The van der Waals surface area contributed by atoms with Crippen molar-refractivity contribution in [1.82, 2.24) is 9.13 Å². The molecular weight excluding hydrogens is 460 g/mol. The van der Waals surface area contributed by atoms with Crippen molar-refractivity contribution in [1.29, 1.82) is 0 Å². The van der Waals surface area contributed by atoms with Crippen LogP contribution in [-0.2, 0) is 0 Å². The summed E-state index contributed by atoms with van der Waals surface area (Å²) in [4.78, 5) is 0. The zero-order valence-electron chi connectivity index (χ0n) is 20.8. The van der Waals surface area contributed by atoms with E-state index in [1.165, 1.54) is 66.1 Å². The molecule has 8 rings (SSSR count). The Morgan fingerprint density at radius 1 is 0.342 bits per heavy atom. The van der Waals surface area contributed by atoms with E-state index >= 15 is 0 Å². The number of nitrogens with zero attached hydrogens (tertiary/aromatic N) is 2. The van der Waals surface area contributed by atoms with Crippen molar-refractivity contribution < 1.29 is 0 Å². The van der Waals surface area contributed by atoms with Crippen LogP contribution in [-0.4, -0.2) is 9.13 Å². The number of benzene rings is 6. The third-order valence-electron chi connectivity index (χ3n) is 7.71. The van der Waals surface area contributed by atoms with Crippen molar-refractivity contribution in [2.45, 2.75) is 0 Å². The molecule has 0 aliphatic heterocycles. The molecule has 178 valence electrons. The monoisotopic (exact) mass is 484 g/mol. The summed E-state index contributed by atoms with van der Waals surface area (Å²) in [6.07, 6.45) is 0. The molecule has 0 saturated carbocycles. The number of hydrogen-bond acceptors (Lipinski definition) is 0. The third kappa shape index (κ3) is 3.01. The van der Waals surface area contributed by atoms with Gasteiger partial charge in [-0.05, 0) is 54.1 Å². The fourth-order valence-corrected chi connectivity index (χ4v) is 6.09. The second-order valence-corrected chi connectivity index (χ2v) is 9.81. The van der Waals surface area contributed by atoms with Gasteiger partial charge in [0.05, 0.1) is 22.1 Å². The Hall–Kier alpha value is -5.08. The molecule has 0 atom stereocenters. The fourth-order valence-electron chi connectivity index (χ4n) is 6.09. The molecule has 0 saturated heterocycles. The lowest BCUT2D eigenvalue weighted by Gasteiger charge is -2.12. The van der Waals surface area contributed by atoms with Crippen molar-refractivity contribution in [3.8, 4) is 22.5 Å². The van der Waals surface area contributed by atoms with Crippen LogP contribution < -0.4 is 0 Å². The average Bonchev–Trinajstić information content (AvgIpc) is 3.51. The molecule has 0 radical (unpaired) electrons. The van der Waals surface area contributed by atoms with Crippen LogP contribution in [0.15, 0.2) is 146 Å². The Balaban J connectivity index is 1.46. The summed E-state index contributed by atoms with van der Waals surface area (Å²) in [5.41, 5.74) is 9.72. The first kappa shape index (κ1) is 21.0. The summed E-state index contributed by atoms with van der Waals surface area (Å²) in [5, 5.41) is 5.08. The minimum atomic E-state index is 1.17. The summed E-state index contributed by atoms with van der Waals surface area (Å²) < 4.78 is 4.79. The molecule has 38 heavy (non-hydrogen) atoms. The van der Waals surface area contributed by atoms with Crippen molar-refractivity contribution in [2.24, 2.45) is 0 Å². The molecule has 2 nitrogen and oxygen atoms in total. The number of fused-ring (bicyclic) bond motifs is 6. The molecule has 6 aromatic carbocycles. The summed E-state index contributed by atoms with van der Waals surface area (Å²) in [5.74, 6) is 0. The van der Waals surface area contributed by atoms with Gasteiger partial charge < -0.3 is 9.13 Å².